The minimum atomic E-state index is -4.66. The molecule has 6 nitrogen and oxygen atoms in total. The summed E-state index contributed by atoms with van der Waals surface area (Å²) in [4.78, 5) is 13.9. The molecular weight excluding hydrogens is 490 g/mol. The molecule has 2 aliphatic carbocycles. The van der Waals surface area contributed by atoms with Crippen LogP contribution in [0.5, 0.6) is 0 Å². The molecule has 2 saturated carbocycles. The fourth-order valence-electron chi connectivity index (χ4n) is 5.53. The highest BCUT2D eigenvalue weighted by Crippen LogP contribution is 2.55. The van der Waals surface area contributed by atoms with Crippen LogP contribution in [-0.2, 0) is 17.4 Å². The number of aryl methyl sites for hydroxylation is 1. The molecule has 3 fully saturated rings. The number of nitrogens with one attached hydrogen (secondary N) is 2. The van der Waals surface area contributed by atoms with Gasteiger partial charge in [0.1, 0.15) is 17.9 Å². The van der Waals surface area contributed by atoms with Gasteiger partial charge in [0.2, 0.25) is 0 Å². The van der Waals surface area contributed by atoms with Crippen LogP contribution in [-0.4, -0.2) is 52.7 Å². The first kappa shape index (κ1) is 25.7. The lowest BCUT2D eigenvalue weighted by atomic mass is 9.84. The van der Waals surface area contributed by atoms with Crippen molar-refractivity contribution in [1.82, 2.24) is 10.2 Å². The number of alkyl halides is 4. The molecule has 5 rings (SSSR count). The minimum absolute atomic E-state index is 0.133. The molecule has 3 aliphatic rings. The summed E-state index contributed by atoms with van der Waals surface area (Å²) in [6, 6.07) is 9.27. The Balaban J connectivity index is 1.23. The Bertz CT molecular complexity index is 1220. The lowest BCUT2D eigenvalue weighted by Crippen LogP contribution is -2.63. The summed E-state index contributed by atoms with van der Waals surface area (Å²) in [5.74, 6) is 1.22. The average molecular weight is 520 g/mol. The predicted molar refractivity (Wildman–Crippen MR) is 128 cm³/mol. The SMILES string of the molecule is Cc1cc(C(F)(F)F)cc(C(O)(CF)CC(=N)c2ccc(C3(O)CN(C(=O)NC4C5CCC54)C3)cc2)c1. The van der Waals surface area contributed by atoms with Gasteiger partial charge in [0, 0.05) is 18.2 Å². The van der Waals surface area contributed by atoms with E-state index in [1.165, 1.54) is 25.1 Å². The van der Waals surface area contributed by atoms with Crippen LogP contribution in [0.15, 0.2) is 42.5 Å². The summed E-state index contributed by atoms with van der Waals surface area (Å²) in [5.41, 5.74) is -3.83. The fraction of sp³-hybridized carbons (Fsp3) is 0.481. The van der Waals surface area contributed by atoms with E-state index in [4.69, 9.17) is 5.41 Å². The molecule has 4 N–H and O–H groups in total. The summed E-state index contributed by atoms with van der Waals surface area (Å²) in [5, 5.41) is 33.2. The van der Waals surface area contributed by atoms with E-state index in [-0.39, 0.29) is 42.0 Å². The van der Waals surface area contributed by atoms with Gasteiger partial charge in [0.05, 0.1) is 18.7 Å². The van der Waals surface area contributed by atoms with Crippen LogP contribution in [0.4, 0.5) is 22.4 Å². The van der Waals surface area contributed by atoms with E-state index in [9.17, 15) is 32.6 Å². The molecule has 3 atom stereocenters. The maximum Gasteiger partial charge on any atom is 0.416 e. The normalized spacial score (nSPS) is 25.3. The Kier molecular flexibility index (Phi) is 6.10. The highest BCUT2D eigenvalue weighted by atomic mass is 19.4. The molecule has 198 valence electrons. The molecule has 2 aromatic rings. The van der Waals surface area contributed by atoms with Crippen molar-refractivity contribution in [1.29, 1.82) is 5.41 Å². The topological polar surface area (TPSA) is 96.7 Å². The van der Waals surface area contributed by atoms with Crippen molar-refractivity contribution in [2.45, 2.75) is 49.6 Å². The smallest absolute Gasteiger partial charge is 0.382 e. The molecule has 0 aromatic heterocycles. The van der Waals surface area contributed by atoms with Gasteiger partial charge in [0.15, 0.2) is 0 Å². The minimum Gasteiger partial charge on any atom is -0.382 e. The summed E-state index contributed by atoms with van der Waals surface area (Å²) in [6.07, 6.45) is -2.88. The summed E-state index contributed by atoms with van der Waals surface area (Å²) >= 11 is 0. The number of nitrogens with zero attached hydrogens (tertiary/aromatic N) is 1. The molecular formula is C27H29F4N3O3. The number of hydrogen-bond donors (Lipinski definition) is 4. The van der Waals surface area contributed by atoms with Crippen LogP contribution in [0.25, 0.3) is 0 Å². The van der Waals surface area contributed by atoms with Crippen LogP contribution in [0, 0.1) is 24.2 Å². The number of aliphatic hydroxyl groups is 2. The first-order valence-corrected chi connectivity index (χ1v) is 12.3. The Hall–Kier alpha value is -2.98. The molecule has 37 heavy (non-hydrogen) atoms. The maximum atomic E-state index is 14.0. The monoisotopic (exact) mass is 519 g/mol. The third kappa shape index (κ3) is 4.72. The number of urea groups is 1. The second-order valence-electron chi connectivity index (χ2n) is 10.8. The molecule has 0 spiro atoms. The van der Waals surface area contributed by atoms with Gasteiger partial charge in [0.25, 0.3) is 0 Å². The van der Waals surface area contributed by atoms with Crippen LogP contribution in [0.3, 0.4) is 0 Å². The van der Waals surface area contributed by atoms with Gasteiger partial charge in [-0.1, -0.05) is 35.9 Å². The van der Waals surface area contributed by atoms with Gasteiger partial charge < -0.3 is 25.8 Å². The van der Waals surface area contributed by atoms with E-state index >= 15 is 0 Å². The molecule has 1 saturated heterocycles. The highest BCUT2D eigenvalue weighted by Gasteiger charge is 2.58. The second-order valence-corrected chi connectivity index (χ2v) is 10.8. The average Bonchev–Trinajstić information content (AvgIpc) is 3.31. The Morgan fingerprint density at radius 3 is 2.24 bits per heavy atom. The number of carbonyl (C=O) groups excluding carboxylic acids is 1. The highest BCUT2D eigenvalue weighted by molar-refractivity contribution is 5.99. The predicted octanol–water partition coefficient (Wildman–Crippen LogP) is 4.25. The number of likely N-dealkylation sites (tertiary alicyclic amines) is 1. The number of hydrogen-bond acceptors (Lipinski definition) is 4. The molecule has 3 unspecified atom stereocenters. The summed E-state index contributed by atoms with van der Waals surface area (Å²) in [6.45, 7) is 0.323. The molecule has 1 heterocycles. The van der Waals surface area contributed by atoms with Crippen molar-refractivity contribution in [3.05, 3.63) is 70.3 Å². The van der Waals surface area contributed by atoms with E-state index in [2.05, 4.69) is 5.32 Å². The van der Waals surface area contributed by atoms with Crippen LogP contribution in [0.1, 0.15) is 47.1 Å². The van der Waals surface area contributed by atoms with Crippen LogP contribution < -0.4 is 5.32 Å². The van der Waals surface area contributed by atoms with E-state index in [1.807, 2.05) is 0 Å². The maximum absolute atomic E-state index is 14.0. The van der Waals surface area contributed by atoms with Gasteiger partial charge >= 0.3 is 12.2 Å². The third-order valence-corrected chi connectivity index (χ3v) is 8.05. The molecule has 2 amide bonds. The number of benzene rings is 2. The summed E-state index contributed by atoms with van der Waals surface area (Å²) in [7, 11) is 0. The van der Waals surface area contributed by atoms with Crippen molar-refractivity contribution in [2.24, 2.45) is 11.8 Å². The van der Waals surface area contributed by atoms with Crippen LogP contribution >= 0.6 is 0 Å². The van der Waals surface area contributed by atoms with Gasteiger partial charge in [-0.25, -0.2) is 9.18 Å². The molecule has 0 bridgehead atoms. The Morgan fingerprint density at radius 2 is 1.70 bits per heavy atom. The van der Waals surface area contributed by atoms with E-state index in [0.717, 1.165) is 18.9 Å². The van der Waals surface area contributed by atoms with E-state index < -0.39 is 36.0 Å². The molecule has 0 radical (unpaired) electrons. The van der Waals surface area contributed by atoms with Crippen molar-refractivity contribution < 1.29 is 32.6 Å². The first-order chi connectivity index (χ1) is 17.3. The first-order valence-electron chi connectivity index (χ1n) is 12.3. The zero-order valence-electron chi connectivity index (χ0n) is 20.3. The lowest BCUT2D eigenvalue weighted by Gasteiger charge is -2.46. The molecule has 1 aliphatic heterocycles. The van der Waals surface area contributed by atoms with Crippen LogP contribution in [0.2, 0.25) is 0 Å². The van der Waals surface area contributed by atoms with Crippen molar-refractivity contribution in [3.63, 3.8) is 0 Å². The zero-order valence-corrected chi connectivity index (χ0v) is 20.3. The number of amides is 2. The van der Waals surface area contributed by atoms with Crippen molar-refractivity contribution in [3.8, 4) is 0 Å². The largest absolute Gasteiger partial charge is 0.416 e. The summed E-state index contributed by atoms with van der Waals surface area (Å²) < 4.78 is 53.7. The number of fused-ring (bicyclic) bond motifs is 1. The second kappa shape index (κ2) is 8.80. The molecule has 10 heteroatoms. The number of halogens is 4. The lowest BCUT2D eigenvalue weighted by molar-refractivity contribution is -0.137. The van der Waals surface area contributed by atoms with Gasteiger partial charge in [-0.15, -0.1) is 0 Å². The Labute approximate surface area is 211 Å². The third-order valence-electron chi connectivity index (χ3n) is 8.05. The zero-order chi connectivity index (χ0) is 26.8. The number of β-amino-alcohol motifs (C(OH)–C–C–N with tert-alkyl or cyclic N) is 1. The molecule has 2 aromatic carbocycles. The van der Waals surface area contributed by atoms with Crippen molar-refractivity contribution in [2.75, 3.05) is 19.8 Å². The quantitative estimate of drug-likeness (QED) is 0.325. The van der Waals surface area contributed by atoms with Gasteiger partial charge in [-0.3, -0.25) is 0 Å². The van der Waals surface area contributed by atoms with Gasteiger partial charge in [-0.05, 0) is 60.4 Å². The number of rotatable bonds is 7. The van der Waals surface area contributed by atoms with E-state index in [0.29, 0.717) is 29.0 Å². The Morgan fingerprint density at radius 1 is 1.11 bits per heavy atom. The standard InChI is InChI=1S/C27H29F4N3O3/c1-15-8-18(10-19(9-15)27(29,30)31)25(36,12-28)11-22(32)16-2-4-17(5-3-16)26(37)13-34(14-26)24(35)33-23-20-6-7-21(20)23/h2-5,8-10,20-21,23,32,36-37H,6-7,11-14H2,1H3,(H,33,35). The van der Waals surface area contributed by atoms with E-state index in [1.54, 1.807) is 17.0 Å². The van der Waals surface area contributed by atoms with Crippen molar-refractivity contribution >= 4 is 11.7 Å². The number of carbonyl (C=O) groups is 1. The van der Waals surface area contributed by atoms with Gasteiger partial charge in [-0.2, -0.15) is 13.2 Å². The fourth-order valence-corrected chi connectivity index (χ4v) is 5.53.